The zero-order chi connectivity index (χ0) is 34.5. The van der Waals surface area contributed by atoms with Crippen LogP contribution in [0.15, 0.2) is 36.4 Å². The molecule has 3 N–H and O–H groups in total. The summed E-state index contributed by atoms with van der Waals surface area (Å²) in [5.41, 5.74) is 4.27. The average Bonchev–Trinajstić information content (AvgIpc) is 3.28. The van der Waals surface area contributed by atoms with E-state index in [9.17, 15) is 24.6 Å². The van der Waals surface area contributed by atoms with Gasteiger partial charge in [-0.05, 0) is 112 Å². The number of urea groups is 1. The number of nitrogens with one attached hydrogen (secondary N) is 1. The lowest BCUT2D eigenvalue weighted by Gasteiger charge is -2.41. The van der Waals surface area contributed by atoms with Crippen molar-refractivity contribution in [3.05, 3.63) is 58.7 Å². The van der Waals surface area contributed by atoms with Crippen LogP contribution in [0.25, 0.3) is 0 Å². The molecule has 0 aliphatic carbocycles. The highest BCUT2D eigenvalue weighted by Crippen LogP contribution is 2.33. The number of nitrogens with zero attached hydrogens (tertiary/aromatic N) is 4. The lowest BCUT2D eigenvalue weighted by Crippen LogP contribution is -2.52. The van der Waals surface area contributed by atoms with E-state index in [4.69, 9.17) is 4.74 Å². The van der Waals surface area contributed by atoms with Crippen molar-refractivity contribution < 1.29 is 29.3 Å². The molecule has 4 aliphatic rings. The summed E-state index contributed by atoms with van der Waals surface area (Å²) in [5.74, 6) is 1.29. The number of aromatic hydroxyl groups is 1. The summed E-state index contributed by atoms with van der Waals surface area (Å²) in [6.07, 6.45) is 4.97. The molecule has 4 aliphatic heterocycles. The number of hydrogen-bond acceptors (Lipinski definition) is 7. The molecule has 0 aromatic heterocycles. The van der Waals surface area contributed by atoms with Gasteiger partial charge in [0.25, 0.3) is 5.91 Å². The third-order valence-corrected chi connectivity index (χ3v) is 11.4. The number of β-amino-alcohol motifs (C(OH)–C–C–N with tert-alkyl or cyclic N) is 1. The van der Waals surface area contributed by atoms with Crippen LogP contribution >= 0.6 is 0 Å². The zero-order valence-electron chi connectivity index (χ0n) is 29.1. The van der Waals surface area contributed by atoms with Gasteiger partial charge in [-0.1, -0.05) is 30.3 Å². The SMILES string of the molecule is Cc1cc(C[C@@H](OC(=O)N2CCC(N3CCc4ccccc4NC3=O)CC2)C(=O)N2CCC(C3CCN(CCO)CC3)CC2)cc(C)c1O. The number of fused-ring (bicyclic) bond motifs is 1. The number of carbonyl (C=O) groups excluding carboxylic acids is 3. The van der Waals surface area contributed by atoms with Gasteiger partial charge in [-0.3, -0.25) is 4.79 Å². The highest BCUT2D eigenvalue weighted by molar-refractivity contribution is 5.91. The Bertz CT molecular complexity index is 1450. The van der Waals surface area contributed by atoms with Crippen molar-refractivity contribution >= 4 is 23.7 Å². The molecule has 3 fully saturated rings. The van der Waals surface area contributed by atoms with E-state index in [1.54, 1.807) is 4.90 Å². The van der Waals surface area contributed by atoms with E-state index in [0.717, 1.165) is 79.7 Å². The Morgan fingerprint density at radius 1 is 0.878 bits per heavy atom. The first kappa shape index (κ1) is 35.0. The first-order valence-electron chi connectivity index (χ1n) is 18.2. The molecule has 4 amide bonds. The Kier molecular flexibility index (Phi) is 11.3. The van der Waals surface area contributed by atoms with Crippen molar-refractivity contribution in [2.24, 2.45) is 11.8 Å². The fourth-order valence-electron chi connectivity index (χ4n) is 8.44. The van der Waals surface area contributed by atoms with Gasteiger partial charge < -0.3 is 39.9 Å². The van der Waals surface area contributed by atoms with Crippen LogP contribution < -0.4 is 5.32 Å². The molecule has 0 spiro atoms. The van der Waals surface area contributed by atoms with Crippen molar-refractivity contribution in [2.75, 3.05) is 64.3 Å². The van der Waals surface area contributed by atoms with Gasteiger partial charge in [0.15, 0.2) is 6.10 Å². The van der Waals surface area contributed by atoms with Gasteiger partial charge in [-0.2, -0.15) is 0 Å². The van der Waals surface area contributed by atoms with Gasteiger partial charge >= 0.3 is 12.1 Å². The first-order valence-corrected chi connectivity index (χ1v) is 18.2. The Labute approximate surface area is 290 Å². The molecule has 2 aromatic rings. The van der Waals surface area contributed by atoms with Crippen molar-refractivity contribution in [3.63, 3.8) is 0 Å². The summed E-state index contributed by atoms with van der Waals surface area (Å²) < 4.78 is 6.08. The molecule has 0 bridgehead atoms. The van der Waals surface area contributed by atoms with Gasteiger partial charge in [0.2, 0.25) is 0 Å². The molecule has 0 unspecified atom stereocenters. The minimum atomic E-state index is -0.971. The van der Waals surface area contributed by atoms with Crippen molar-refractivity contribution in [1.29, 1.82) is 0 Å². The number of para-hydroxylation sites is 1. The van der Waals surface area contributed by atoms with E-state index in [-0.39, 0.29) is 36.8 Å². The number of hydrogen-bond donors (Lipinski definition) is 3. The van der Waals surface area contributed by atoms with E-state index >= 15 is 0 Å². The maximum atomic E-state index is 14.1. The summed E-state index contributed by atoms with van der Waals surface area (Å²) in [6.45, 7) is 9.46. The number of benzene rings is 2. The normalized spacial score (nSPS) is 20.8. The standard InChI is InChI=1S/C38H53N5O6/c1-26-23-28(24-27(2)35(26)45)25-34(36(46)41-16-9-30(10-17-41)29-7-14-40(15-8-29)21-22-44)49-38(48)42-18-12-32(13-19-42)43-20-11-31-5-3-4-6-33(31)39-37(43)47/h3-6,23-24,29-30,32,34,44-45H,7-22,25H2,1-2H3,(H,39,47)/t34-/m1/s1. The van der Waals surface area contributed by atoms with Crippen molar-refractivity contribution in [2.45, 2.75) is 77.4 Å². The zero-order valence-corrected chi connectivity index (χ0v) is 29.1. The summed E-state index contributed by atoms with van der Waals surface area (Å²) in [6, 6.07) is 11.5. The monoisotopic (exact) mass is 675 g/mol. The van der Waals surface area contributed by atoms with Crippen LogP contribution in [0.5, 0.6) is 5.75 Å². The number of aliphatic hydroxyl groups is 1. The molecule has 0 radical (unpaired) electrons. The van der Waals surface area contributed by atoms with Crippen LogP contribution in [-0.2, 0) is 22.4 Å². The fourth-order valence-corrected chi connectivity index (χ4v) is 8.44. The second-order valence-electron chi connectivity index (χ2n) is 14.5. The van der Waals surface area contributed by atoms with Gasteiger partial charge in [0.05, 0.1) is 6.61 Å². The van der Waals surface area contributed by atoms with Crippen LogP contribution in [0.2, 0.25) is 0 Å². The first-order chi connectivity index (χ1) is 23.7. The van der Waals surface area contributed by atoms with Gasteiger partial charge in [-0.25, -0.2) is 9.59 Å². The quantitative estimate of drug-likeness (QED) is 0.375. The Morgan fingerprint density at radius 3 is 2.14 bits per heavy atom. The fraction of sp³-hybridized carbons (Fsp3) is 0.605. The maximum absolute atomic E-state index is 14.1. The molecule has 11 heteroatoms. The van der Waals surface area contributed by atoms with E-state index in [1.807, 2.05) is 60.0 Å². The molecule has 1 atom stereocenters. The smallest absolute Gasteiger partial charge is 0.410 e. The third kappa shape index (κ3) is 8.32. The number of likely N-dealkylation sites (tertiary alicyclic amines) is 3. The number of phenolic OH excluding ortho intramolecular Hbond substituents is 1. The summed E-state index contributed by atoms with van der Waals surface area (Å²) in [7, 11) is 0. The minimum absolute atomic E-state index is 0.0157. The Balaban J connectivity index is 1.07. The number of carbonyl (C=O) groups is 3. The number of piperidine rings is 3. The molecule has 4 heterocycles. The van der Waals surface area contributed by atoms with Crippen LogP contribution in [-0.4, -0.2) is 119 Å². The minimum Gasteiger partial charge on any atom is -0.507 e. The number of aryl methyl sites for hydroxylation is 2. The molecular formula is C38H53N5O6. The van der Waals surface area contributed by atoms with E-state index < -0.39 is 12.2 Å². The number of ether oxygens (including phenoxy) is 1. The number of rotatable bonds is 8. The molecule has 3 saturated heterocycles. The van der Waals surface area contributed by atoms with Gasteiger partial charge in [0.1, 0.15) is 5.75 Å². The molecule has 6 rings (SSSR count). The van der Waals surface area contributed by atoms with E-state index in [1.165, 1.54) is 0 Å². The molecule has 266 valence electrons. The molecule has 0 saturated carbocycles. The van der Waals surface area contributed by atoms with Crippen LogP contribution in [0.1, 0.15) is 60.8 Å². The van der Waals surface area contributed by atoms with Crippen molar-refractivity contribution in [1.82, 2.24) is 19.6 Å². The van der Waals surface area contributed by atoms with Gasteiger partial charge in [-0.15, -0.1) is 0 Å². The topological polar surface area (TPSA) is 126 Å². The number of aliphatic hydroxyl groups excluding tert-OH is 1. The largest absolute Gasteiger partial charge is 0.507 e. The van der Waals surface area contributed by atoms with E-state index in [0.29, 0.717) is 57.4 Å². The lowest BCUT2D eigenvalue weighted by atomic mass is 9.78. The highest BCUT2D eigenvalue weighted by Gasteiger charge is 2.37. The summed E-state index contributed by atoms with van der Waals surface area (Å²) in [5, 5.41) is 22.7. The molecule has 49 heavy (non-hydrogen) atoms. The Morgan fingerprint density at radius 2 is 1.49 bits per heavy atom. The number of amides is 4. The maximum Gasteiger partial charge on any atom is 0.410 e. The second kappa shape index (κ2) is 15.8. The number of phenols is 1. The van der Waals surface area contributed by atoms with Crippen LogP contribution in [0.4, 0.5) is 15.3 Å². The third-order valence-electron chi connectivity index (χ3n) is 11.4. The predicted octanol–water partition coefficient (Wildman–Crippen LogP) is 4.55. The average molecular weight is 676 g/mol. The van der Waals surface area contributed by atoms with Crippen LogP contribution in [0, 0.1) is 25.7 Å². The van der Waals surface area contributed by atoms with Gasteiger partial charge in [0, 0.05) is 57.4 Å². The molecule has 11 nitrogen and oxygen atoms in total. The Hall–Kier alpha value is -3.83. The summed E-state index contributed by atoms with van der Waals surface area (Å²) in [4.78, 5) is 48.6. The van der Waals surface area contributed by atoms with Crippen LogP contribution in [0.3, 0.4) is 0 Å². The summed E-state index contributed by atoms with van der Waals surface area (Å²) >= 11 is 0. The second-order valence-corrected chi connectivity index (χ2v) is 14.5. The highest BCUT2D eigenvalue weighted by atomic mass is 16.6. The predicted molar refractivity (Wildman–Crippen MR) is 188 cm³/mol. The van der Waals surface area contributed by atoms with Crippen molar-refractivity contribution in [3.8, 4) is 5.75 Å². The van der Waals surface area contributed by atoms with E-state index in [2.05, 4.69) is 10.2 Å². The molecule has 2 aromatic carbocycles. The molecular weight excluding hydrogens is 622 g/mol. The number of anilines is 1. The lowest BCUT2D eigenvalue weighted by molar-refractivity contribution is -0.142.